The van der Waals surface area contributed by atoms with Gasteiger partial charge in [-0.05, 0) is 0 Å². The summed E-state index contributed by atoms with van der Waals surface area (Å²) in [7, 11) is -2.42. The van der Waals surface area contributed by atoms with Gasteiger partial charge in [0.1, 0.15) is 0 Å². The fraction of sp³-hybridized carbons (Fsp3) is 0. The second-order valence-electron chi connectivity index (χ2n) is 0.326. The molecule has 0 unspecified atom stereocenters. The zero-order valence-electron chi connectivity index (χ0n) is 3.51. The van der Waals surface area contributed by atoms with Gasteiger partial charge >= 0.3 is 29.0 Å². The zero-order chi connectivity index (χ0) is 3.58. The van der Waals surface area contributed by atoms with Crippen LogP contribution in [0.25, 0.3) is 0 Å². The van der Waals surface area contributed by atoms with Gasteiger partial charge in [0.25, 0.3) is 0 Å². The molecule has 0 aliphatic rings. The molecule has 0 amide bonds. The molecule has 8 heteroatoms. The van der Waals surface area contributed by atoms with Gasteiger partial charge in [0.15, 0.2) is 0 Å². The third-order valence-corrected chi connectivity index (χ3v) is 0. The van der Waals surface area contributed by atoms with Crippen LogP contribution >= 0.6 is 0 Å². The van der Waals surface area contributed by atoms with Crippen LogP contribution in [-0.4, -0.2) is 17.4 Å². The Kier molecular flexibility index (Phi) is 92.3. The van der Waals surface area contributed by atoms with Crippen LogP contribution in [0.1, 0.15) is 0 Å². The molecule has 0 atom stereocenters. The largest absolute Gasteiger partial charge is 4.00 e. The quantitative estimate of drug-likeness (QED) is 0.428. The minimum Gasteiger partial charge on any atom is -1.00 e. The minimum absolute atomic E-state index is 0. The van der Waals surface area contributed by atoms with Gasteiger partial charge in [0.2, 0.25) is 0 Å². The Morgan fingerprint density at radius 2 is 1.00 bits per heavy atom. The second kappa shape index (κ2) is 23.0. The van der Waals surface area contributed by atoms with E-state index in [0.717, 1.165) is 0 Å². The van der Waals surface area contributed by atoms with Crippen molar-refractivity contribution in [2.24, 2.45) is 0 Å². The Morgan fingerprint density at radius 3 is 1.00 bits per heavy atom. The van der Waals surface area contributed by atoms with E-state index >= 15 is 0 Å². The topological polar surface area (TPSA) is 63.5 Å². The molecule has 48 valence electrons. The Labute approximate surface area is 94.2 Å². The van der Waals surface area contributed by atoms with Crippen LogP contribution in [0, 0.1) is 0 Å². The first-order valence-electron chi connectivity index (χ1n) is 0.752. The summed E-state index contributed by atoms with van der Waals surface area (Å²) in [5.74, 6) is 0. The van der Waals surface area contributed by atoms with E-state index in [2.05, 4.69) is 0 Å². The summed E-state index contributed by atoms with van der Waals surface area (Å²) in [6.07, 6.45) is 0. The third-order valence-electron chi connectivity index (χ3n) is 0. The maximum atomic E-state index is 8.64. The SMILES string of the molecule is [Br-].[Br-].[Br-].[O-]B(O)O.[Ti+4]. The molecule has 0 aromatic carbocycles. The van der Waals surface area contributed by atoms with E-state index in [4.69, 9.17) is 15.1 Å². The van der Waals surface area contributed by atoms with Crippen LogP contribution in [0.2, 0.25) is 0 Å². The first kappa shape index (κ1) is 32.2. The number of halogens is 3. The number of rotatable bonds is 0. The van der Waals surface area contributed by atoms with Gasteiger partial charge in [-0.3, -0.25) is 0 Å². The van der Waals surface area contributed by atoms with Gasteiger partial charge < -0.3 is 66.0 Å². The molecule has 0 bridgehead atoms. The van der Waals surface area contributed by atoms with Crippen LogP contribution in [0.3, 0.4) is 0 Å². The average Bonchev–Trinajstić information content (AvgIpc) is 0.811. The predicted molar refractivity (Wildman–Crippen MR) is 10.2 cm³/mol. The molecule has 0 aliphatic heterocycles. The van der Waals surface area contributed by atoms with Gasteiger partial charge in [0, 0.05) is 0 Å². The fourth-order valence-electron chi connectivity index (χ4n) is 0. The van der Waals surface area contributed by atoms with Crippen LogP contribution in [-0.2, 0) is 21.7 Å². The second-order valence-corrected chi connectivity index (χ2v) is 0.326. The minimum atomic E-state index is -2.42. The number of hydrogen-bond donors (Lipinski definition) is 2. The standard InChI is InChI=1S/BH2O3.3BrH.Ti/c2-1(3)4;;;;/h2-3H;3*1H;/q-1;;;;+4/p-3. The van der Waals surface area contributed by atoms with Crippen molar-refractivity contribution in [2.45, 2.75) is 0 Å². The molecule has 3 nitrogen and oxygen atoms in total. The molecule has 0 radical (unpaired) electrons. The van der Waals surface area contributed by atoms with Crippen molar-refractivity contribution in [3.05, 3.63) is 0 Å². The maximum absolute atomic E-state index is 8.64. The van der Waals surface area contributed by atoms with E-state index in [-0.39, 0.29) is 72.7 Å². The average molecular weight is 348 g/mol. The molecular formula is H2BBr3O3Ti. The van der Waals surface area contributed by atoms with Crippen molar-refractivity contribution >= 4 is 7.32 Å². The fourth-order valence-corrected chi connectivity index (χ4v) is 0. The Balaban J connectivity index is -0.00000000750. The summed E-state index contributed by atoms with van der Waals surface area (Å²) in [5, 5.41) is 22.8. The van der Waals surface area contributed by atoms with E-state index in [9.17, 15) is 0 Å². The van der Waals surface area contributed by atoms with Crippen LogP contribution in [0.15, 0.2) is 0 Å². The smallest absolute Gasteiger partial charge is 1.00 e. The maximum Gasteiger partial charge on any atom is 4.00 e. The number of hydrogen-bond acceptors (Lipinski definition) is 3. The van der Waals surface area contributed by atoms with Gasteiger partial charge in [-0.1, -0.05) is 0 Å². The van der Waals surface area contributed by atoms with Crippen LogP contribution in [0.4, 0.5) is 0 Å². The molecule has 0 aliphatic carbocycles. The Bertz CT molecular complexity index is 19.2. The molecule has 0 aromatic rings. The van der Waals surface area contributed by atoms with Crippen molar-refractivity contribution in [1.82, 2.24) is 0 Å². The first-order chi connectivity index (χ1) is 1.73. The first-order valence-corrected chi connectivity index (χ1v) is 0.752. The summed E-state index contributed by atoms with van der Waals surface area (Å²) in [6.45, 7) is 0. The Morgan fingerprint density at radius 1 is 1.00 bits per heavy atom. The molecule has 0 rings (SSSR count). The molecule has 0 spiro atoms. The van der Waals surface area contributed by atoms with E-state index in [1.54, 1.807) is 0 Å². The normalized spacial score (nSPS) is 3.38. The van der Waals surface area contributed by atoms with Crippen molar-refractivity contribution < 1.29 is 87.7 Å². The summed E-state index contributed by atoms with van der Waals surface area (Å²) >= 11 is 0. The van der Waals surface area contributed by atoms with E-state index in [1.165, 1.54) is 0 Å². The molecule has 8 heavy (non-hydrogen) atoms. The summed E-state index contributed by atoms with van der Waals surface area (Å²) in [4.78, 5) is 0. The zero-order valence-corrected chi connectivity index (χ0v) is 9.83. The van der Waals surface area contributed by atoms with Crippen molar-refractivity contribution in [2.75, 3.05) is 0 Å². The van der Waals surface area contributed by atoms with Gasteiger partial charge in [-0.25, -0.2) is 0 Å². The Hall–Kier alpha value is 2.10. The molecule has 0 heterocycles. The molecular weight excluding hydrogens is 346 g/mol. The third kappa shape index (κ3) is 92.6. The van der Waals surface area contributed by atoms with Gasteiger partial charge in [0.05, 0.1) is 0 Å². The molecule has 0 saturated heterocycles. The van der Waals surface area contributed by atoms with E-state index in [0.29, 0.717) is 0 Å². The van der Waals surface area contributed by atoms with Crippen molar-refractivity contribution in [3.8, 4) is 0 Å². The van der Waals surface area contributed by atoms with Crippen molar-refractivity contribution in [3.63, 3.8) is 0 Å². The summed E-state index contributed by atoms with van der Waals surface area (Å²) < 4.78 is 0. The molecule has 0 fully saturated rings. The predicted octanol–water partition coefficient (Wildman–Crippen LogP) is -11.7. The molecule has 0 aromatic heterocycles. The monoisotopic (exact) mass is 346 g/mol. The van der Waals surface area contributed by atoms with Crippen molar-refractivity contribution in [1.29, 1.82) is 0 Å². The van der Waals surface area contributed by atoms with E-state index < -0.39 is 7.32 Å². The summed E-state index contributed by atoms with van der Waals surface area (Å²) in [6, 6.07) is 0. The molecule has 0 saturated carbocycles. The summed E-state index contributed by atoms with van der Waals surface area (Å²) in [5.41, 5.74) is 0. The van der Waals surface area contributed by atoms with E-state index in [1.807, 2.05) is 0 Å². The molecule has 2 N–H and O–H groups in total. The van der Waals surface area contributed by atoms with Gasteiger partial charge in [-0.15, -0.1) is 0 Å². The van der Waals surface area contributed by atoms with Gasteiger partial charge in [-0.2, -0.15) is 0 Å². The van der Waals surface area contributed by atoms with Crippen LogP contribution in [0.5, 0.6) is 0 Å². The van der Waals surface area contributed by atoms with Crippen LogP contribution < -0.4 is 56.0 Å².